The van der Waals surface area contributed by atoms with Gasteiger partial charge in [0.1, 0.15) is 0 Å². The third-order valence-corrected chi connectivity index (χ3v) is 5.38. The molecule has 0 saturated heterocycles. The minimum atomic E-state index is -0.200. The molecule has 2 N–H and O–H groups in total. The maximum absolute atomic E-state index is 13.3. The lowest BCUT2D eigenvalue weighted by molar-refractivity contribution is 0.0980. The fraction of sp³-hybridized carbons (Fsp3) is 0.130. The van der Waals surface area contributed by atoms with Crippen LogP contribution in [0.15, 0.2) is 54.6 Å². The average molecular weight is 356 g/mol. The number of nitrogens with two attached hydrogens (primary N) is 1. The number of hydrogen-bond donors (Lipinski definition) is 1. The van der Waals surface area contributed by atoms with E-state index < -0.39 is 0 Å². The molecule has 1 aliphatic carbocycles. The standard InChI is InChI=1S/C23H20N2O2/c1-13-7-6-10-18(14(13)2)25(3)19-12-11-17(24)20-21(19)23(27)16-9-5-4-8-15(16)22(20)26/h4-12H,24H2,1-3H3. The van der Waals surface area contributed by atoms with Crippen LogP contribution in [0.1, 0.15) is 43.0 Å². The van der Waals surface area contributed by atoms with Gasteiger partial charge in [0.2, 0.25) is 0 Å². The van der Waals surface area contributed by atoms with Crippen molar-refractivity contribution in [1.29, 1.82) is 0 Å². The van der Waals surface area contributed by atoms with Crippen LogP contribution in [-0.2, 0) is 0 Å². The van der Waals surface area contributed by atoms with Gasteiger partial charge in [0.25, 0.3) is 0 Å². The number of nitrogens with zero attached hydrogens (tertiary/aromatic N) is 1. The number of aryl methyl sites for hydroxylation is 1. The summed E-state index contributed by atoms with van der Waals surface area (Å²) in [5.74, 6) is -0.367. The minimum absolute atomic E-state index is 0.167. The third kappa shape index (κ3) is 2.45. The molecule has 134 valence electrons. The van der Waals surface area contributed by atoms with Crippen LogP contribution in [0.25, 0.3) is 0 Å². The van der Waals surface area contributed by atoms with Crippen molar-refractivity contribution in [3.8, 4) is 0 Å². The smallest absolute Gasteiger partial charge is 0.196 e. The van der Waals surface area contributed by atoms with Crippen molar-refractivity contribution < 1.29 is 9.59 Å². The number of carbonyl (C=O) groups excluding carboxylic acids is 2. The summed E-state index contributed by atoms with van der Waals surface area (Å²) in [5, 5.41) is 0. The molecule has 27 heavy (non-hydrogen) atoms. The molecule has 0 fully saturated rings. The number of hydrogen-bond acceptors (Lipinski definition) is 4. The van der Waals surface area contributed by atoms with Crippen LogP contribution >= 0.6 is 0 Å². The highest BCUT2D eigenvalue weighted by Gasteiger charge is 2.34. The third-order valence-electron chi connectivity index (χ3n) is 5.38. The summed E-state index contributed by atoms with van der Waals surface area (Å²) in [7, 11) is 1.91. The molecule has 0 spiro atoms. The normalized spacial score (nSPS) is 12.6. The van der Waals surface area contributed by atoms with Crippen LogP contribution in [0.4, 0.5) is 17.1 Å². The van der Waals surface area contributed by atoms with Crippen molar-refractivity contribution in [3.05, 3.63) is 88.0 Å². The Kier molecular flexibility index (Phi) is 3.84. The lowest BCUT2D eigenvalue weighted by Crippen LogP contribution is -2.26. The Hall–Kier alpha value is -3.40. The van der Waals surface area contributed by atoms with Gasteiger partial charge in [-0.05, 0) is 43.2 Å². The van der Waals surface area contributed by atoms with Gasteiger partial charge in [0, 0.05) is 29.5 Å². The summed E-state index contributed by atoms with van der Waals surface area (Å²) < 4.78 is 0. The van der Waals surface area contributed by atoms with E-state index in [4.69, 9.17) is 5.73 Å². The van der Waals surface area contributed by atoms with Gasteiger partial charge >= 0.3 is 0 Å². The molecule has 0 atom stereocenters. The first-order valence-electron chi connectivity index (χ1n) is 8.82. The van der Waals surface area contributed by atoms with Crippen molar-refractivity contribution in [2.24, 2.45) is 0 Å². The van der Waals surface area contributed by atoms with Gasteiger partial charge < -0.3 is 10.6 Å². The molecule has 0 amide bonds. The van der Waals surface area contributed by atoms with E-state index in [1.165, 1.54) is 0 Å². The molecule has 0 radical (unpaired) electrons. The highest BCUT2D eigenvalue weighted by atomic mass is 16.1. The molecule has 1 aliphatic rings. The van der Waals surface area contributed by atoms with E-state index in [0.29, 0.717) is 33.6 Å². The molecular weight excluding hydrogens is 336 g/mol. The molecule has 0 aliphatic heterocycles. The summed E-state index contributed by atoms with van der Waals surface area (Å²) in [4.78, 5) is 28.3. The van der Waals surface area contributed by atoms with Gasteiger partial charge in [-0.1, -0.05) is 36.4 Å². The first-order valence-corrected chi connectivity index (χ1v) is 8.82. The first kappa shape index (κ1) is 17.0. The molecule has 0 heterocycles. The van der Waals surface area contributed by atoms with Crippen LogP contribution < -0.4 is 10.6 Å². The van der Waals surface area contributed by atoms with Crippen LogP contribution in [0.5, 0.6) is 0 Å². The average Bonchev–Trinajstić information content (AvgIpc) is 2.67. The Balaban J connectivity index is 1.97. The lowest BCUT2D eigenvalue weighted by atomic mass is 9.82. The Labute approximate surface area is 158 Å². The summed E-state index contributed by atoms with van der Waals surface area (Å²) >= 11 is 0. The predicted molar refractivity (Wildman–Crippen MR) is 108 cm³/mol. The maximum Gasteiger partial charge on any atom is 0.196 e. The molecule has 4 rings (SSSR count). The Bertz CT molecular complexity index is 1120. The lowest BCUT2D eigenvalue weighted by Gasteiger charge is -2.28. The molecule has 0 unspecified atom stereocenters. The van der Waals surface area contributed by atoms with E-state index in [1.54, 1.807) is 30.3 Å². The fourth-order valence-corrected chi connectivity index (χ4v) is 3.74. The number of rotatable bonds is 2. The van der Waals surface area contributed by atoms with E-state index in [2.05, 4.69) is 13.0 Å². The molecule has 3 aromatic carbocycles. The van der Waals surface area contributed by atoms with Gasteiger partial charge in [0.15, 0.2) is 11.6 Å². The second-order valence-corrected chi connectivity index (χ2v) is 6.91. The summed E-state index contributed by atoms with van der Waals surface area (Å²) in [6, 6.07) is 16.5. The van der Waals surface area contributed by atoms with Gasteiger partial charge in [-0.3, -0.25) is 9.59 Å². The zero-order valence-electron chi connectivity index (χ0n) is 15.5. The topological polar surface area (TPSA) is 63.4 Å². The summed E-state index contributed by atoms with van der Waals surface area (Å²) in [6.07, 6.45) is 0. The molecule has 0 aromatic heterocycles. The van der Waals surface area contributed by atoms with E-state index >= 15 is 0 Å². The quantitative estimate of drug-likeness (QED) is 0.540. The number of anilines is 3. The highest BCUT2D eigenvalue weighted by molar-refractivity contribution is 6.31. The van der Waals surface area contributed by atoms with Gasteiger partial charge in [0.05, 0.1) is 16.8 Å². The maximum atomic E-state index is 13.3. The van der Waals surface area contributed by atoms with Crippen molar-refractivity contribution >= 4 is 28.6 Å². The molecule has 4 nitrogen and oxygen atoms in total. The Morgan fingerprint density at radius 2 is 1.37 bits per heavy atom. The summed E-state index contributed by atoms with van der Waals surface area (Å²) in [5.41, 5.74) is 11.9. The second kappa shape index (κ2) is 6.09. The van der Waals surface area contributed by atoms with Gasteiger partial charge in [-0.25, -0.2) is 0 Å². The van der Waals surface area contributed by atoms with Gasteiger partial charge in [-0.2, -0.15) is 0 Å². The van der Waals surface area contributed by atoms with Crippen molar-refractivity contribution in [2.45, 2.75) is 13.8 Å². The van der Waals surface area contributed by atoms with E-state index in [1.807, 2.05) is 37.1 Å². The van der Waals surface area contributed by atoms with E-state index in [0.717, 1.165) is 16.8 Å². The molecule has 0 bridgehead atoms. The minimum Gasteiger partial charge on any atom is -0.398 e. The van der Waals surface area contributed by atoms with Crippen molar-refractivity contribution in [2.75, 3.05) is 17.7 Å². The highest BCUT2D eigenvalue weighted by Crippen LogP contribution is 2.39. The largest absolute Gasteiger partial charge is 0.398 e. The van der Waals surface area contributed by atoms with Crippen LogP contribution in [-0.4, -0.2) is 18.6 Å². The van der Waals surface area contributed by atoms with Crippen LogP contribution in [0.3, 0.4) is 0 Å². The first-order chi connectivity index (χ1) is 12.9. The number of carbonyl (C=O) groups is 2. The monoisotopic (exact) mass is 356 g/mol. The van der Waals surface area contributed by atoms with Crippen molar-refractivity contribution in [1.82, 2.24) is 0 Å². The Morgan fingerprint density at radius 3 is 2.04 bits per heavy atom. The number of fused-ring (bicyclic) bond motifs is 2. The second-order valence-electron chi connectivity index (χ2n) is 6.91. The van der Waals surface area contributed by atoms with Crippen LogP contribution in [0, 0.1) is 13.8 Å². The number of benzene rings is 3. The molecule has 4 heteroatoms. The fourth-order valence-electron chi connectivity index (χ4n) is 3.74. The van der Waals surface area contributed by atoms with Crippen LogP contribution in [0.2, 0.25) is 0 Å². The summed E-state index contributed by atoms with van der Waals surface area (Å²) in [6.45, 7) is 4.10. The molecular formula is C23H20N2O2. The number of ketones is 2. The Morgan fingerprint density at radius 1 is 0.741 bits per heavy atom. The van der Waals surface area contributed by atoms with Crippen molar-refractivity contribution in [3.63, 3.8) is 0 Å². The van der Waals surface area contributed by atoms with Gasteiger partial charge in [-0.15, -0.1) is 0 Å². The van der Waals surface area contributed by atoms with E-state index in [9.17, 15) is 9.59 Å². The molecule has 0 saturated carbocycles. The van der Waals surface area contributed by atoms with E-state index in [-0.39, 0.29) is 11.6 Å². The predicted octanol–water partition coefficient (Wildman–Crippen LogP) is 4.43. The number of nitrogen functional groups attached to an aromatic ring is 1. The zero-order chi connectivity index (χ0) is 19.3. The SMILES string of the molecule is Cc1cccc(N(C)c2ccc(N)c3c2C(=O)c2ccccc2C3=O)c1C. The molecule has 3 aromatic rings. The zero-order valence-corrected chi connectivity index (χ0v) is 15.5.